The zero-order chi connectivity index (χ0) is 13.7. The molecular formula is C14H23N3O. The quantitative estimate of drug-likeness (QED) is 0.839. The van der Waals surface area contributed by atoms with Crippen molar-refractivity contribution >= 4 is 17.3 Å². The highest BCUT2D eigenvalue weighted by Gasteiger charge is 2.09. The fourth-order valence-electron chi connectivity index (χ4n) is 1.67. The highest BCUT2D eigenvalue weighted by Crippen LogP contribution is 2.21. The highest BCUT2D eigenvalue weighted by molar-refractivity contribution is 5.91. The molecule has 0 aliphatic heterocycles. The fourth-order valence-corrected chi connectivity index (χ4v) is 1.67. The van der Waals surface area contributed by atoms with Crippen LogP contribution in [0, 0.1) is 12.8 Å². The van der Waals surface area contributed by atoms with Gasteiger partial charge >= 0.3 is 0 Å². The maximum absolute atomic E-state index is 11.8. The Hall–Kier alpha value is -1.55. The summed E-state index contributed by atoms with van der Waals surface area (Å²) in [4.78, 5) is 13.8. The van der Waals surface area contributed by atoms with Crippen molar-refractivity contribution < 1.29 is 4.79 Å². The van der Waals surface area contributed by atoms with E-state index in [1.54, 1.807) is 0 Å². The smallest absolute Gasteiger partial charge is 0.224 e. The van der Waals surface area contributed by atoms with Crippen LogP contribution in [0.1, 0.15) is 18.9 Å². The topological polar surface area (TPSA) is 58.4 Å². The van der Waals surface area contributed by atoms with Crippen LogP contribution >= 0.6 is 0 Å². The molecule has 0 aliphatic carbocycles. The largest absolute Gasteiger partial charge is 0.378 e. The van der Waals surface area contributed by atoms with Gasteiger partial charge in [-0.15, -0.1) is 0 Å². The predicted octanol–water partition coefficient (Wildman–Crippen LogP) is 1.98. The van der Waals surface area contributed by atoms with Crippen LogP contribution in [0.3, 0.4) is 0 Å². The molecule has 18 heavy (non-hydrogen) atoms. The maximum atomic E-state index is 11.8. The summed E-state index contributed by atoms with van der Waals surface area (Å²) in [6.07, 6.45) is 0.464. The molecular weight excluding hydrogens is 226 g/mol. The second-order valence-electron chi connectivity index (χ2n) is 4.99. The predicted molar refractivity (Wildman–Crippen MR) is 77.0 cm³/mol. The number of benzene rings is 1. The Bertz CT molecular complexity index is 416. The lowest BCUT2D eigenvalue weighted by Crippen LogP contribution is -2.20. The monoisotopic (exact) mass is 249 g/mol. The molecule has 0 radical (unpaired) electrons. The summed E-state index contributed by atoms with van der Waals surface area (Å²) in [5.74, 6) is 0.236. The second kappa shape index (κ2) is 6.40. The van der Waals surface area contributed by atoms with Crippen LogP contribution in [0.2, 0.25) is 0 Å². The lowest BCUT2D eigenvalue weighted by molar-refractivity contribution is -0.116. The molecule has 1 unspecified atom stereocenters. The van der Waals surface area contributed by atoms with Crippen molar-refractivity contribution in [1.82, 2.24) is 0 Å². The number of hydrogen-bond acceptors (Lipinski definition) is 3. The van der Waals surface area contributed by atoms with Crippen molar-refractivity contribution in [2.45, 2.75) is 20.3 Å². The lowest BCUT2D eigenvalue weighted by Gasteiger charge is -2.16. The average Bonchev–Trinajstić information content (AvgIpc) is 2.31. The number of nitrogens with two attached hydrogens (primary N) is 1. The molecule has 1 amide bonds. The van der Waals surface area contributed by atoms with Gasteiger partial charge in [0.2, 0.25) is 5.91 Å². The van der Waals surface area contributed by atoms with Gasteiger partial charge < -0.3 is 16.0 Å². The Morgan fingerprint density at radius 2 is 2.11 bits per heavy atom. The Balaban J connectivity index is 2.71. The van der Waals surface area contributed by atoms with Crippen LogP contribution in [-0.4, -0.2) is 26.5 Å². The molecule has 0 bridgehead atoms. The van der Waals surface area contributed by atoms with Crippen LogP contribution < -0.4 is 16.0 Å². The van der Waals surface area contributed by atoms with Crippen molar-refractivity contribution in [3.8, 4) is 0 Å². The molecule has 0 spiro atoms. The molecule has 4 nitrogen and oxygen atoms in total. The number of nitrogens with zero attached hydrogens (tertiary/aromatic N) is 1. The summed E-state index contributed by atoms with van der Waals surface area (Å²) in [5, 5.41) is 2.93. The average molecular weight is 249 g/mol. The van der Waals surface area contributed by atoms with Crippen molar-refractivity contribution in [1.29, 1.82) is 0 Å². The van der Waals surface area contributed by atoms with Gasteiger partial charge in [0.05, 0.1) is 0 Å². The molecule has 1 aromatic carbocycles. The molecule has 1 rings (SSSR count). The zero-order valence-electron chi connectivity index (χ0n) is 11.7. The molecule has 0 saturated carbocycles. The number of aryl methyl sites for hydroxylation is 1. The number of rotatable bonds is 5. The van der Waals surface area contributed by atoms with Crippen molar-refractivity contribution in [3.63, 3.8) is 0 Å². The Labute approximate surface area is 109 Å². The van der Waals surface area contributed by atoms with Gasteiger partial charge in [-0.1, -0.05) is 6.92 Å². The Morgan fingerprint density at radius 3 is 2.61 bits per heavy atom. The second-order valence-corrected chi connectivity index (χ2v) is 4.99. The van der Waals surface area contributed by atoms with E-state index in [2.05, 4.69) is 11.4 Å². The lowest BCUT2D eigenvalue weighted by atomic mass is 10.1. The summed E-state index contributed by atoms with van der Waals surface area (Å²) in [5.41, 5.74) is 8.57. The first-order valence-electron chi connectivity index (χ1n) is 6.22. The minimum Gasteiger partial charge on any atom is -0.378 e. The number of carbonyl (C=O) groups is 1. The summed E-state index contributed by atoms with van der Waals surface area (Å²) < 4.78 is 0. The van der Waals surface area contributed by atoms with Gasteiger partial charge in [-0.25, -0.2) is 0 Å². The summed E-state index contributed by atoms with van der Waals surface area (Å²) in [6.45, 7) is 4.50. The molecule has 0 saturated heterocycles. The number of hydrogen-bond donors (Lipinski definition) is 2. The number of carbonyl (C=O) groups excluding carboxylic acids is 1. The van der Waals surface area contributed by atoms with Gasteiger partial charge in [0.25, 0.3) is 0 Å². The van der Waals surface area contributed by atoms with E-state index in [1.807, 2.05) is 45.0 Å². The minimum absolute atomic E-state index is 0.0219. The van der Waals surface area contributed by atoms with E-state index in [0.29, 0.717) is 13.0 Å². The fraction of sp³-hybridized carbons (Fsp3) is 0.500. The van der Waals surface area contributed by atoms with Gasteiger partial charge in [0.1, 0.15) is 0 Å². The minimum atomic E-state index is 0.0219. The Kier molecular flexibility index (Phi) is 5.16. The van der Waals surface area contributed by atoms with Gasteiger partial charge in [-0.05, 0) is 43.1 Å². The number of anilines is 2. The van der Waals surface area contributed by atoms with E-state index >= 15 is 0 Å². The van der Waals surface area contributed by atoms with E-state index < -0.39 is 0 Å². The molecule has 0 heterocycles. The van der Waals surface area contributed by atoms with Crippen LogP contribution in [0.4, 0.5) is 11.4 Å². The van der Waals surface area contributed by atoms with Gasteiger partial charge in [-0.2, -0.15) is 0 Å². The van der Waals surface area contributed by atoms with Crippen LogP contribution in [-0.2, 0) is 4.79 Å². The SMILES string of the molecule is Cc1cc(N(C)C)ccc1NC(=O)CC(C)CN. The Morgan fingerprint density at radius 1 is 1.44 bits per heavy atom. The molecule has 100 valence electrons. The first-order valence-corrected chi connectivity index (χ1v) is 6.22. The first-order chi connectivity index (χ1) is 8.43. The van der Waals surface area contributed by atoms with Crippen molar-refractivity contribution in [3.05, 3.63) is 23.8 Å². The summed E-state index contributed by atoms with van der Waals surface area (Å²) in [6, 6.07) is 5.99. The number of amides is 1. The molecule has 0 fully saturated rings. The van der Waals surface area contributed by atoms with E-state index in [4.69, 9.17) is 5.73 Å². The van der Waals surface area contributed by atoms with E-state index in [9.17, 15) is 4.79 Å². The summed E-state index contributed by atoms with van der Waals surface area (Å²) in [7, 11) is 3.99. The van der Waals surface area contributed by atoms with Gasteiger partial charge in [0.15, 0.2) is 0 Å². The third-order valence-electron chi connectivity index (χ3n) is 2.94. The summed E-state index contributed by atoms with van der Waals surface area (Å²) >= 11 is 0. The van der Waals surface area contributed by atoms with Crippen LogP contribution in [0.25, 0.3) is 0 Å². The molecule has 1 aromatic rings. The molecule has 3 N–H and O–H groups in total. The zero-order valence-corrected chi connectivity index (χ0v) is 11.7. The van der Waals surface area contributed by atoms with Crippen LogP contribution in [0.5, 0.6) is 0 Å². The molecule has 1 atom stereocenters. The molecule has 4 heteroatoms. The van der Waals surface area contributed by atoms with Gasteiger partial charge in [0, 0.05) is 31.9 Å². The van der Waals surface area contributed by atoms with E-state index in [-0.39, 0.29) is 11.8 Å². The third-order valence-corrected chi connectivity index (χ3v) is 2.94. The van der Waals surface area contributed by atoms with Crippen LogP contribution in [0.15, 0.2) is 18.2 Å². The van der Waals surface area contributed by atoms with E-state index in [1.165, 1.54) is 0 Å². The molecule has 0 aromatic heterocycles. The van der Waals surface area contributed by atoms with Gasteiger partial charge in [-0.3, -0.25) is 4.79 Å². The van der Waals surface area contributed by atoms with Crippen molar-refractivity contribution in [2.75, 3.05) is 30.9 Å². The normalized spacial score (nSPS) is 12.1. The number of nitrogens with one attached hydrogen (secondary N) is 1. The third kappa shape index (κ3) is 4.04. The van der Waals surface area contributed by atoms with Crippen molar-refractivity contribution in [2.24, 2.45) is 11.7 Å². The maximum Gasteiger partial charge on any atom is 0.224 e. The first kappa shape index (κ1) is 14.5. The highest BCUT2D eigenvalue weighted by atomic mass is 16.1. The standard InChI is InChI=1S/C14H23N3O/c1-10(9-15)7-14(18)16-13-6-5-12(17(3)4)8-11(13)2/h5-6,8,10H,7,9,15H2,1-4H3,(H,16,18). The molecule has 0 aliphatic rings. The van der Waals surface area contributed by atoms with E-state index in [0.717, 1.165) is 16.9 Å².